The number of carbonyl (C=O) groups is 1. The zero-order chi connectivity index (χ0) is 22.6. The zero-order valence-electron chi connectivity index (χ0n) is 19.3. The van der Waals surface area contributed by atoms with Gasteiger partial charge in [-0.25, -0.2) is 4.39 Å². The maximum absolute atomic E-state index is 13.5. The lowest BCUT2D eigenvalue weighted by Crippen LogP contribution is -2.48. The van der Waals surface area contributed by atoms with Gasteiger partial charge in [0.15, 0.2) is 0 Å². The Bertz CT molecular complexity index is 931. The van der Waals surface area contributed by atoms with Crippen LogP contribution in [0.3, 0.4) is 0 Å². The number of rotatable bonds is 7. The number of carbonyl (C=O) groups excluding carboxylic acids is 1. The number of hydrogen-bond acceptors (Lipinski definition) is 4. The lowest BCUT2D eigenvalue weighted by atomic mass is 10.0. The number of ether oxygens (including phenoxy) is 1. The van der Waals surface area contributed by atoms with Gasteiger partial charge in [-0.3, -0.25) is 4.79 Å². The summed E-state index contributed by atoms with van der Waals surface area (Å²) in [7, 11) is 0. The second-order valence-corrected chi connectivity index (χ2v) is 9.70. The van der Waals surface area contributed by atoms with Crippen LogP contribution in [0, 0.1) is 17.7 Å². The van der Waals surface area contributed by atoms with Gasteiger partial charge in [-0.15, -0.1) is 0 Å². The number of hydrogen-bond donors (Lipinski definition) is 0. The molecule has 2 atom stereocenters. The van der Waals surface area contributed by atoms with E-state index in [0.717, 1.165) is 36.2 Å². The molecule has 3 aliphatic rings. The van der Waals surface area contributed by atoms with Crippen molar-refractivity contribution >= 4 is 11.6 Å². The molecule has 33 heavy (non-hydrogen) atoms. The maximum Gasteiger partial charge on any atom is 0.253 e. The van der Waals surface area contributed by atoms with Gasteiger partial charge in [0.2, 0.25) is 0 Å². The maximum atomic E-state index is 13.5. The Labute approximate surface area is 196 Å². The highest BCUT2D eigenvalue weighted by Gasteiger charge is 2.35. The molecule has 6 heteroatoms. The van der Waals surface area contributed by atoms with E-state index in [0.29, 0.717) is 38.3 Å². The van der Waals surface area contributed by atoms with Crippen LogP contribution in [0.2, 0.25) is 0 Å². The van der Waals surface area contributed by atoms with E-state index in [1.54, 1.807) is 12.1 Å². The first-order valence-electron chi connectivity index (χ1n) is 12.4. The van der Waals surface area contributed by atoms with E-state index >= 15 is 0 Å². The summed E-state index contributed by atoms with van der Waals surface area (Å²) < 4.78 is 19.4. The summed E-state index contributed by atoms with van der Waals surface area (Å²) in [6, 6.07) is 14.2. The third-order valence-electron chi connectivity index (χ3n) is 7.53. The van der Waals surface area contributed by atoms with Crippen LogP contribution in [0.15, 0.2) is 48.5 Å². The van der Waals surface area contributed by atoms with Crippen molar-refractivity contribution in [2.75, 3.05) is 57.3 Å². The van der Waals surface area contributed by atoms with Crippen LogP contribution in [0.1, 0.15) is 36.0 Å². The SMILES string of the molecule is O=C(c1ccc(OCCCN2CC3CCCC3C2)cc1)N1CCN(c2cccc(F)c2)CC1. The third kappa shape index (κ3) is 5.32. The molecule has 2 heterocycles. The van der Waals surface area contributed by atoms with Crippen molar-refractivity contribution in [3.63, 3.8) is 0 Å². The number of nitrogens with zero attached hydrogens (tertiary/aromatic N) is 3. The summed E-state index contributed by atoms with van der Waals surface area (Å²) in [5.41, 5.74) is 1.56. The summed E-state index contributed by atoms with van der Waals surface area (Å²) in [6.07, 6.45) is 5.31. The first kappa shape index (κ1) is 22.2. The van der Waals surface area contributed by atoms with Crippen LogP contribution in [-0.2, 0) is 0 Å². The standard InChI is InChI=1S/C27H34FN3O2/c28-24-6-2-7-25(18-24)30-13-15-31(16-14-30)27(32)21-8-10-26(11-9-21)33-17-3-12-29-19-22-4-1-5-23(22)20-29/h2,6-11,18,22-23H,1,3-5,12-17,19-20H2. The van der Waals surface area contributed by atoms with Gasteiger partial charge in [-0.1, -0.05) is 12.5 Å². The monoisotopic (exact) mass is 451 g/mol. The van der Waals surface area contributed by atoms with Crippen molar-refractivity contribution in [2.45, 2.75) is 25.7 Å². The fourth-order valence-electron chi connectivity index (χ4n) is 5.71. The van der Waals surface area contributed by atoms with Gasteiger partial charge in [-0.2, -0.15) is 0 Å². The van der Waals surface area contributed by atoms with Crippen LogP contribution in [0.4, 0.5) is 10.1 Å². The molecule has 3 fully saturated rings. The molecule has 0 aromatic heterocycles. The first-order valence-corrected chi connectivity index (χ1v) is 12.4. The second kappa shape index (κ2) is 10.1. The highest BCUT2D eigenvalue weighted by molar-refractivity contribution is 5.94. The number of amides is 1. The smallest absolute Gasteiger partial charge is 0.253 e. The summed E-state index contributed by atoms with van der Waals surface area (Å²) in [6.45, 7) is 7.05. The van der Waals surface area contributed by atoms with Gasteiger partial charge in [0, 0.05) is 57.1 Å². The van der Waals surface area contributed by atoms with Crippen LogP contribution in [0.5, 0.6) is 5.75 Å². The minimum atomic E-state index is -0.230. The van der Waals surface area contributed by atoms with E-state index in [2.05, 4.69) is 9.80 Å². The molecule has 0 radical (unpaired) electrons. The van der Waals surface area contributed by atoms with E-state index in [1.165, 1.54) is 38.4 Å². The van der Waals surface area contributed by atoms with Gasteiger partial charge in [0.05, 0.1) is 6.61 Å². The summed E-state index contributed by atoms with van der Waals surface area (Å²) >= 11 is 0. The molecule has 1 amide bonds. The largest absolute Gasteiger partial charge is 0.494 e. The van der Waals surface area contributed by atoms with E-state index in [4.69, 9.17) is 4.74 Å². The lowest BCUT2D eigenvalue weighted by Gasteiger charge is -2.36. The first-order chi connectivity index (χ1) is 16.2. The van der Waals surface area contributed by atoms with E-state index < -0.39 is 0 Å². The number of likely N-dealkylation sites (tertiary alicyclic amines) is 1. The molecule has 5 rings (SSSR count). The van der Waals surface area contributed by atoms with Gasteiger partial charge < -0.3 is 19.4 Å². The van der Waals surface area contributed by atoms with E-state index in [-0.39, 0.29) is 11.7 Å². The summed E-state index contributed by atoms with van der Waals surface area (Å²) in [5, 5.41) is 0. The number of benzene rings is 2. The minimum absolute atomic E-state index is 0.0417. The second-order valence-electron chi connectivity index (χ2n) is 9.70. The van der Waals surface area contributed by atoms with Crippen LogP contribution >= 0.6 is 0 Å². The molecule has 0 N–H and O–H groups in total. The molecule has 2 aromatic rings. The highest BCUT2D eigenvalue weighted by atomic mass is 19.1. The molecule has 2 aromatic carbocycles. The van der Waals surface area contributed by atoms with Gasteiger partial charge in [0.25, 0.3) is 5.91 Å². The average Bonchev–Trinajstić information content (AvgIpc) is 3.44. The summed E-state index contributed by atoms with van der Waals surface area (Å²) in [5.74, 6) is 2.52. The molecule has 0 bridgehead atoms. The van der Waals surface area contributed by atoms with E-state index in [9.17, 15) is 9.18 Å². The van der Waals surface area contributed by atoms with Crippen molar-refractivity contribution < 1.29 is 13.9 Å². The average molecular weight is 452 g/mol. The molecule has 2 saturated heterocycles. The molecule has 2 unspecified atom stereocenters. The van der Waals surface area contributed by atoms with Gasteiger partial charge in [-0.05, 0) is 73.6 Å². The Kier molecular flexibility index (Phi) is 6.81. The quantitative estimate of drug-likeness (QED) is 0.589. The number of halogens is 1. The van der Waals surface area contributed by atoms with Gasteiger partial charge >= 0.3 is 0 Å². The van der Waals surface area contributed by atoms with Crippen molar-refractivity contribution in [2.24, 2.45) is 11.8 Å². The number of piperazine rings is 1. The molecule has 176 valence electrons. The minimum Gasteiger partial charge on any atom is -0.494 e. The zero-order valence-corrected chi connectivity index (χ0v) is 19.3. The molecular formula is C27H34FN3O2. The van der Waals surface area contributed by atoms with Crippen molar-refractivity contribution in [3.05, 3.63) is 59.9 Å². The summed E-state index contributed by atoms with van der Waals surface area (Å²) in [4.78, 5) is 19.5. The van der Waals surface area contributed by atoms with Crippen molar-refractivity contribution in [3.8, 4) is 5.75 Å². The highest BCUT2D eigenvalue weighted by Crippen LogP contribution is 2.37. The fraction of sp³-hybridized carbons (Fsp3) is 0.519. The van der Waals surface area contributed by atoms with Crippen LogP contribution < -0.4 is 9.64 Å². The Morgan fingerprint density at radius 3 is 2.39 bits per heavy atom. The van der Waals surface area contributed by atoms with Crippen molar-refractivity contribution in [1.29, 1.82) is 0 Å². The van der Waals surface area contributed by atoms with E-state index in [1.807, 2.05) is 35.2 Å². The van der Waals surface area contributed by atoms with Crippen LogP contribution in [-0.4, -0.2) is 68.1 Å². The molecule has 0 spiro atoms. The Balaban J connectivity index is 1.04. The lowest BCUT2D eigenvalue weighted by molar-refractivity contribution is 0.0746. The Hall–Kier alpha value is -2.60. The molecule has 1 saturated carbocycles. The molecule has 2 aliphatic heterocycles. The normalized spacial score (nSPS) is 23.1. The third-order valence-corrected chi connectivity index (χ3v) is 7.53. The number of anilines is 1. The predicted molar refractivity (Wildman–Crippen MR) is 128 cm³/mol. The number of fused-ring (bicyclic) bond motifs is 1. The molecular weight excluding hydrogens is 417 g/mol. The van der Waals surface area contributed by atoms with Gasteiger partial charge in [0.1, 0.15) is 11.6 Å². The topological polar surface area (TPSA) is 36.0 Å². The Morgan fingerprint density at radius 2 is 1.70 bits per heavy atom. The molecule has 5 nitrogen and oxygen atoms in total. The Morgan fingerprint density at radius 1 is 0.970 bits per heavy atom. The fourth-order valence-corrected chi connectivity index (χ4v) is 5.71. The van der Waals surface area contributed by atoms with Crippen LogP contribution in [0.25, 0.3) is 0 Å². The predicted octanol–water partition coefficient (Wildman–Crippen LogP) is 4.29. The van der Waals surface area contributed by atoms with Crippen molar-refractivity contribution in [1.82, 2.24) is 9.80 Å². The molecule has 1 aliphatic carbocycles.